The topological polar surface area (TPSA) is 80.7 Å². The van der Waals surface area contributed by atoms with Gasteiger partial charge in [0.05, 0.1) is 36.3 Å². The second-order valence-electron chi connectivity index (χ2n) is 9.48. The summed E-state index contributed by atoms with van der Waals surface area (Å²) in [6, 6.07) is 21.5. The minimum absolute atomic E-state index is 0.0670. The van der Waals surface area contributed by atoms with Gasteiger partial charge in [0.2, 0.25) is 5.91 Å². The number of halogens is 1. The van der Waals surface area contributed by atoms with Crippen molar-refractivity contribution >= 4 is 50.5 Å². The summed E-state index contributed by atoms with van der Waals surface area (Å²) in [5, 5.41) is 6.97. The lowest BCUT2D eigenvalue weighted by atomic mass is 9.96. The van der Waals surface area contributed by atoms with Gasteiger partial charge < -0.3 is 29.6 Å². The maximum atomic E-state index is 12.4. The molecule has 0 aliphatic carbocycles. The van der Waals surface area contributed by atoms with E-state index in [-0.39, 0.29) is 24.6 Å². The molecule has 5 rings (SSSR count). The Bertz CT molecular complexity index is 1560. The third-order valence-corrected chi connectivity index (χ3v) is 7.98. The van der Waals surface area contributed by atoms with Gasteiger partial charge in [-0.25, -0.2) is 0 Å². The maximum absolute atomic E-state index is 12.4. The van der Waals surface area contributed by atoms with Gasteiger partial charge in [-0.05, 0) is 96.1 Å². The number of carbonyl (C=O) groups excluding carboxylic acids is 1. The summed E-state index contributed by atoms with van der Waals surface area (Å²) < 4.78 is 13.8. The highest BCUT2D eigenvalue weighted by Crippen LogP contribution is 2.45. The van der Waals surface area contributed by atoms with Crippen LogP contribution in [-0.2, 0) is 9.53 Å². The van der Waals surface area contributed by atoms with Crippen molar-refractivity contribution in [2.45, 2.75) is 25.9 Å². The van der Waals surface area contributed by atoms with Crippen molar-refractivity contribution < 1.29 is 14.3 Å². The maximum Gasteiger partial charge on any atom is 0.250 e. The van der Waals surface area contributed by atoms with Crippen LogP contribution in [0.3, 0.4) is 0 Å². The molecule has 0 radical (unpaired) electrons. The van der Waals surface area contributed by atoms with Gasteiger partial charge in [0.15, 0.2) is 5.11 Å². The molecule has 2 atom stereocenters. The average Bonchev–Trinajstić information content (AvgIpc) is 3.44. The van der Waals surface area contributed by atoms with Crippen molar-refractivity contribution in [3.05, 3.63) is 100 Å². The summed E-state index contributed by atoms with van der Waals surface area (Å²) >= 11 is 9.67. The Morgan fingerprint density at radius 2 is 1.88 bits per heavy atom. The van der Waals surface area contributed by atoms with Gasteiger partial charge in [-0.1, -0.05) is 18.2 Å². The fourth-order valence-corrected chi connectivity index (χ4v) is 6.11. The number of nitrogens with one attached hydrogen (secondary N) is 2. The number of amides is 1. The number of hydrogen-bond acceptors (Lipinski definition) is 5. The van der Waals surface area contributed by atoms with Crippen LogP contribution in [0.5, 0.6) is 5.75 Å². The molecule has 40 heavy (non-hydrogen) atoms. The van der Waals surface area contributed by atoms with Crippen molar-refractivity contribution in [3.63, 3.8) is 0 Å². The molecular formula is C30H30BrN5O3S. The quantitative estimate of drug-likeness (QED) is 0.233. The molecule has 0 bridgehead atoms. The zero-order valence-electron chi connectivity index (χ0n) is 22.6. The Kier molecular flexibility index (Phi) is 8.20. The fraction of sp³-hybridized carbons (Fsp3) is 0.233. The van der Waals surface area contributed by atoms with Crippen LogP contribution in [0.25, 0.3) is 5.69 Å². The summed E-state index contributed by atoms with van der Waals surface area (Å²) in [5.41, 5.74) is 6.57. The van der Waals surface area contributed by atoms with Crippen LogP contribution in [0.15, 0.2) is 77.4 Å². The number of para-hydroxylation sites is 1. The molecule has 1 aliphatic rings. The molecule has 1 aliphatic heterocycles. The lowest BCUT2D eigenvalue weighted by Gasteiger charge is -2.29. The minimum Gasteiger partial charge on any atom is -0.495 e. The molecule has 0 unspecified atom stereocenters. The first-order valence-electron chi connectivity index (χ1n) is 12.7. The highest BCUT2D eigenvalue weighted by molar-refractivity contribution is 9.10. The van der Waals surface area contributed by atoms with Crippen LogP contribution in [-0.4, -0.2) is 41.4 Å². The molecule has 3 heterocycles. The van der Waals surface area contributed by atoms with E-state index in [0.717, 1.165) is 38.5 Å². The average molecular weight is 621 g/mol. The SMILES string of the molecule is COCC(=O)Nc1cc(N2C(=S)N[C@H](c3ccccn3)[C@@H]2c2cc(C)n(-c3ccccc3Br)c2C)ccc1OC. The molecule has 2 N–H and O–H groups in total. The van der Waals surface area contributed by atoms with Crippen LogP contribution in [0.4, 0.5) is 11.4 Å². The van der Waals surface area contributed by atoms with E-state index in [1.807, 2.05) is 54.6 Å². The lowest BCUT2D eigenvalue weighted by Crippen LogP contribution is -2.29. The molecule has 1 saturated heterocycles. The van der Waals surface area contributed by atoms with E-state index in [9.17, 15) is 4.79 Å². The van der Waals surface area contributed by atoms with Gasteiger partial charge in [-0.15, -0.1) is 0 Å². The molecule has 206 valence electrons. The van der Waals surface area contributed by atoms with E-state index in [1.165, 1.54) is 7.11 Å². The number of ether oxygens (including phenoxy) is 2. The minimum atomic E-state index is -0.278. The number of carbonyl (C=O) groups is 1. The third-order valence-electron chi connectivity index (χ3n) is 6.99. The van der Waals surface area contributed by atoms with Crippen LogP contribution in [0, 0.1) is 13.8 Å². The molecule has 10 heteroatoms. The van der Waals surface area contributed by atoms with E-state index in [4.69, 9.17) is 21.7 Å². The second-order valence-corrected chi connectivity index (χ2v) is 10.7. The Hall–Kier alpha value is -3.73. The van der Waals surface area contributed by atoms with Gasteiger partial charge in [0, 0.05) is 34.9 Å². The molecule has 1 fully saturated rings. The van der Waals surface area contributed by atoms with Crippen molar-refractivity contribution in [3.8, 4) is 11.4 Å². The Balaban J connectivity index is 1.66. The van der Waals surface area contributed by atoms with Crippen LogP contribution in [0.1, 0.15) is 34.7 Å². The number of hydrogen-bond donors (Lipinski definition) is 2. The van der Waals surface area contributed by atoms with E-state index < -0.39 is 0 Å². The third kappa shape index (κ3) is 5.22. The van der Waals surface area contributed by atoms with Gasteiger partial charge in [0.1, 0.15) is 12.4 Å². The first kappa shape index (κ1) is 27.8. The predicted octanol–water partition coefficient (Wildman–Crippen LogP) is 6.02. The molecule has 1 amide bonds. The van der Waals surface area contributed by atoms with Gasteiger partial charge in [-0.3, -0.25) is 9.78 Å². The van der Waals surface area contributed by atoms with Crippen molar-refractivity contribution in [1.29, 1.82) is 0 Å². The number of aryl methyl sites for hydroxylation is 1. The first-order valence-corrected chi connectivity index (χ1v) is 14.0. The number of nitrogens with zero attached hydrogens (tertiary/aromatic N) is 3. The van der Waals surface area contributed by atoms with Crippen LogP contribution < -0.4 is 20.3 Å². The highest BCUT2D eigenvalue weighted by Gasteiger charge is 2.42. The smallest absolute Gasteiger partial charge is 0.250 e. The van der Waals surface area contributed by atoms with E-state index in [1.54, 1.807) is 13.3 Å². The number of pyridine rings is 1. The molecule has 0 saturated carbocycles. The molecule has 2 aromatic heterocycles. The number of thiocarbonyl (C=S) groups is 1. The Morgan fingerprint density at radius 1 is 1.10 bits per heavy atom. The van der Waals surface area contributed by atoms with Gasteiger partial charge >= 0.3 is 0 Å². The lowest BCUT2D eigenvalue weighted by molar-refractivity contribution is -0.119. The number of methoxy groups -OCH3 is 2. The number of rotatable bonds is 8. The summed E-state index contributed by atoms with van der Waals surface area (Å²) in [7, 11) is 3.05. The largest absolute Gasteiger partial charge is 0.495 e. The normalized spacial score (nSPS) is 16.6. The summed E-state index contributed by atoms with van der Waals surface area (Å²) in [5.74, 6) is 0.260. The summed E-state index contributed by atoms with van der Waals surface area (Å²) in [6.45, 7) is 4.16. The second kappa shape index (κ2) is 11.8. The monoisotopic (exact) mass is 619 g/mol. The standard InChI is InChI=1S/C30H30BrN5O3S/c1-18-15-21(19(2)35(18)25-11-6-5-9-22(25)31)29-28(23-10-7-8-14-32-23)34-30(40)36(29)20-12-13-26(39-4)24(16-20)33-27(37)17-38-3/h5-16,28-29H,17H2,1-4H3,(H,33,37)(H,34,40)/t28-,29+/m1/s1. The van der Waals surface area contributed by atoms with Gasteiger partial charge in [0.25, 0.3) is 0 Å². The zero-order valence-corrected chi connectivity index (χ0v) is 25.0. The predicted molar refractivity (Wildman–Crippen MR) is 164 cm³/mol. The fourth-order valence-electron chi connectivity index (χ4n) is 5.30. The van der Waals surface area contributed by atoms with Crippen molar-refractivity contribution in [2.24, 2.45) is 0 Å². The Labute approximate surface area is 247 Å². The molecule has 8 nitrogen and oxygen atoms in total. The zero-order chi connectivity index (χ0) is 28.4. The van der Waals surface area contributed by atoms with E-state index in [0.29, 0.717) is 16.5 Å². The van der Waals surface area contributed by atoms with Crippen LogP contribution in [0.2, 0.25) is 0 Å². The van der Waals surface area contributed by atoms with Gasteiger partial charge in [-0.2, -0.15) is 0 Å². The molecule has 0 spiro atoms. The molecular weight excluding hydrogens is 590 g/mol. The summed E-state index contributed by atoms with van der Waals surface area (Å²) in [4.78, 5) is 19.2. The van der Waals surface area contributed by atoms with E-state index >= 15 is 0 Å². The van der Waals surface area contributed by atoms with E-state index in [2.05, 4.69) is 67.0 Å². The number of aromatic nitrogens is 2. The Morgan fingerprint density at radius 3 is 2.58 bits per heavy atom. The number of benzene rings is 2. The first-order chi connectivity index (χ1) is 19.3. The molecule has 2 aromatic carbocycles. The van der Waals surface area contributed by atoms with Crippen molar-refractivity contribution in [2.75, 3.05) is 31.0 Å². The van der Waals surface area contributed by atoms with Crippen LogP contribution >= 0.6 is 28.1 Å². The number of anilines is 2. The van der Waals surface area contributed by atoms with Crippen molar-refractivity contribution in [1.82, 2.24) is 14.9 Å². The summed E-state index contributed by atoms with van der Waals surface area (Å²) in [6.07, 6.45) is 1.79. The highest BCUT2D eigenvalue weighted by atomic mass is 79.9. The molecule has 4 aromatic rings.